The molecule has 0 saturated heterocycles. The highest BCUT2D eigenvalue weighted by Crippen LogP contribution is 2.29. The molecule has 7 heteroatoms. The Morgan fingerprint density at radius 1 is 1.08 bits per heavy atom. The summed E-state index contributed by atoms with van der Waals surface area (Å²) in [4.78, 5) is 4.26. The lowest BCUT2D eigenvalue weighted by atomic mass is 10.1. The number of pyridine rings is 1. The van der Waals surface area contributed by atoms with E-state index in [4.69, 9.17) is 0 Å². The molecule has 130 valence electrons. The Bertz CT molecular complexity index is 966. The van der Waals surface area contributed by atoms with E-state index < -0.39 is 10.0 Å². The first-order valence-electron chi connectivity index (χ1n) is 7.87. The van der Waals surface area contributed by atoms with E-state index in [-0.39, 0.29) is 4.90 Å². The van der Waals surface area contributed by atoms with Gasteiger partial charge in [-0.2, -0.15) is 0 Å². The predicted molar refractivity (Wildman–Crippen MR) is 99.0 cm³/mol. The van der Waals surface area contributed by atoms with E-state index in [1.54, 1.807) is 31.6 Å². The van der Waals surface area contributed by atoms with Gasteiger partial charge in [-0.15, -0.1) is 0 Å². The van der Waals surface area contributed by atoms with Gasteiger partial charge in [0.1, 0.15) is 10.7 Å². The van der Waals surface area contributed by atoms with Crippen molar-refractivity contribution in [3.63, 3.8) is 0 Å². The fraction of sp³-hybridized carbons (Fsp3) is 0.167. The molecule has 3 rings (SSSR count). The van der Waals surface area contributed by atoms with Crippen LogP contribution < -0.4 is 10.6 Å². The number of aromatic nitrogens is 2. The summed E-state index contributed by atoms with van der Waals surface area (Å²) < 4.78 is 27.9. The normalized spacial score (nSPS) is 11.4. The molecule has 0 amide bonds. The lowest BCUT2D eigenvalue weighted by molar-refractivity contribution is 0.588. The number of nitrogens with zero attached hydrogens (tertiary/aromatic N) is 2. The number of hydrogen-bond donors (Lipinski definition) is 2. The van der Waals surface area contributed by atoms with Crippen LogP contribution in [0.3, 0.4) is 0 Å². The first kappa shape index (κ1) is 17.2. The molecule has 25 heavy (non-hydrogen) atoms. The molecule has 0 atom stereocenters. The van der Waals surface area contributed by atoms with E-state index in [1.165, 1.54) is 3.97 Å². The minimum atomic E-state index is -3.79. The van der Waals surface area contributed by atoms with Crippen LogP contribution in [0, 0.1) is 0 Å². The fourth-order valence-electron chi connectivity index (χ4n) is 2.71. The van der Waals surface area contributed by atoms with Crippen LogP contribution in [0.4, 0.5) is 5.82 Å². The van der Waals surface area contributed by atoms with Crippen LogP contribution in [0.15, 0.2) is 65.8 Å². The zero-order valence-electron chi connectivity index (χ0n) is 14.1. The van der Waals surface area contributed by atoms with Crippen LogP contribution in [0.25, 0.3) is 11.3 Å². The summed E-state index contributed by atoms with van der Waals surface area (Å²) in [7, 11) is -0.312. The van der Waals surface area contributed by atoms with Gasteiger partial charge in [0.05, 0.1) is 5.69 Å². The maximum atomic E-state index is 13.3. The highest BCUT2D eigenvalue weighted by Gasteiger charge is 2.24. The molecule has 0 fully saturated rings. The van der Waals surface area contributed by atoms with Gasteiger partial charge in [0.25, 0.3) is 10.0 Å². The standard InChI is InChI=1S/C18H20N4O2S/c1-19-12-14-11-16(15-7-4-3-5-8-15)22(13-14)25(23,24)17-9-6-10-21-18(17)20-2/h3-11,13,19H,12H2,1-2H3,(H,20,21). The molecule has 0 aliphatic carbocycles. The van der Waals surface area contributed by atoms with Crippen molar-refractivity contribution in [3.8, 4) is 11.3 Å². The summed E-state index contributed by atoms with van der Waals surface area (Å²) >= 11 is 0. The van der Waals surface area contributed by atoms with Crippen molar-refractivity contribution >= 4 is 15.8 Å². The summed E-state index contributed by atoms with van der Waals surface area (Å²) in [6.45, 7) is 0.578. The van der Waals surface area contributed by atoms with Crippen LogP contribution in [0.5, 0.6) is 0 Å². The van der Waals surface area contributed by atoms with Crippen LogP contribution in [-0.2, 0) is 16.6 Å². The molecule has 6 nitrogen and oxygen atoms in total. The topological polar surface area (TPSA) is 76.0 Å². The first-order chi connectivity index (χ1) is 12.1. The van der Waals surface area contributed by atoms with Gasteiger partial charge in [-0.25, -0.2) is 17.4 Å². The average molecular weight is 356 g/mol. The van der Waals surface area contributed by atoms with E-state index in [0.717, 1.165) is 11.1 Å². The molecule has 2 aromatic heterocycles. The second-order valence-electron chi connectivity index (χ2n) is 5.53. The first-order valence-corrected chi connectivity index (χ1v) is 9.31. The van der Waals surface area contributed by atoms with Crippen LogP contribution in [-0.4, -0.2) is 31.5 Å². The van der Waals surface area contributed by atoms with Gasteiger partial charge in [0.15, 0.2) is 0 Å². The van der Waals surface area contributed by atoms with Crippen molar-refractivity contribution in [2.75, 3.05) is 19.4 Å². The molecule has 0 radical (unpaired) electrons. The predicted octanol–water partition coefficient (Wildman–Crippen LogP) is 2.55. The minimum Gasteiger partial charge on any atom is -0.372 e. The molecular weight excluding hydrogens is 336 g/mol. The molecule has 0 aliphatic rings. The lowest BCUT2D eigenvalue weighted by Crippen LogP contribution is -2.15. The third-order valence-electron chi connectivity index (χ3n) is 3.84. The van der Waals surface area contributed by atoms with E-state index in [1.807, 2.05) is 43.4 Å². The van der Waals surface area contributed by atoms with Crippen molar-refractivity contribution < 1.29 is 8.42 Å². The van der Waals surface area contributed by atoms with Gasteiger partial charge >= 0.3 is 0 Å². The van der Waals surface area contributed by atoms with Crippen LogP contribution >= 0.6 is 0 Å². The Hall–Kier alpha value is -2.64. The van der Waals surface area contributed by atoms with Crippen molar-refractivity contribution in [1.82, 2.24) is 14.3 Å². The molecule has 0 aliphatic heterocycles. The van der Waals surface area contributed by atoms with Gasteiger partial charge in [-0.3, -0.25) is 0 Å². The molecule has 0 saturated carbocycles. The highest BCUT2D eigenvalue weighted by atomic mass is 32.2. The van der Waals surface area contributed by atoms with Gasteiger partial charge < -0.3 is 10.6 Å². The molecule has 0 unspecified atom stereocenters. The Morgan fingerprint density at radius 3 is 2.52 bits per heavy atom. The minimum absolute atomic E-state index is 0.140. The summed E-state index contributed by atoms with van der Waals surface area (Å²) in [5.74, 6) is 0.324. The molecule has 1 aromatic carbocycles. The Balaban J connectivity index is 2.22. The van der Waals surface area contributed by atoms with Gasteiger partial charge in [0.2, 0.25) is 0 Å². The van der Waals surface area contributed by atoms with Crippen molar-refractivity contribution in [2.45, 2.75) is 11.4 Å². The van der Waals surface area contributed by atoms with Gasteiger partial charge in [-0.1, -0.05) is 30.3 Å². The average Bonchev–Trinajstić information content (AvgIpc) is 3.07. The summed E-state index contributed by atoms with van der Waals surface area (Å²) in [5, 5.41) is 5.90. The van der Waals surface area contributed by atoms with Gasteiger partial charge in [-0.05, 0) is 36.4 Å². The maximum Gasteiger partial charge on any atom is 0.271 e. The quantitative estimate of drug-likeness (QED) is 0.710. The monoisotopic (exact) mass is 356 g/mol. The molecule has 3 aromatic rings. The molecule has 0 spiro atoms. The largest absolute Gasteiger partial charge is 0.372 e. The SMILES string of the molecule is CNCc1cc(-c2ccccc2)n(S(=O)(=O)c2cccnc2NC)c1. The zero-order chi connectivity index (χ0) is 17.9. The maximum absolute atomic E-state index is 13.3. The highest BCUT2D eigenvalue weighted by molar-refractivity contribution is 7.90. The zero-order valence-corrected chi connectivity index (χ0v) is 14.9. The third kappa shape index (κ3) is 3.29. The number of hydrogen-bond acceptors (Lipinski definition) is 5. The lowest BCUT2D eigenvalue weighted by Gasteiger charge is -2.13. The second-order valence-corrected chi connectivity index (χ2v) is 7.31. The van der Waals surface area contributed by atoms with Crippen molar-refractivity contribution in [2.24, 2.45) is 0 Å². The molecular formula is C18H20N4O2S. The number of anilines is 1. The van der Waals surface area contributed by atoms with E-state index in [2.05, 4.69) is 15.6 Å². The second kappa shape index (κ2) is 7.08. The van der Waals surface area contributed by atoms with E-state index in [0.29, 0.717) is 18.1 Å². The Labute approximate surface area is 147 Å². The van der Waals surface area contributed by atoms with Crippen LogP contribution in [0.2, 0.25) is 0 Å². The third-order valence-corrected chi connectivity index (χ3v) is 5.54. The van der Waals surface area contributed by atoms with Crippen LogP contribution in [0.1, 0.15) is 5.56 Å². The number of rotatable bonds is 6. The molecule has 2 heterocycles. The Kier molecular flexibility index (Phi) is 4.87. The smallest absolute Gasteiger partial charge is 0.271 e. The fourth-order valence-corrected chi connectivity index (χ4v) is 4.26. The number of nitrogens with one attached hydrogen (secondary N) is 2. The van der Waals surface area contributed by atoms with Gasteiger partial charge in [0, 0.05) is 26.0 Å². The van der Waals surface area contributed by atoms with Crippen molar-refractivity contribution in [3.05, 3.63) is 66.5 Å². The summed E-state index contributed by atoms with van der Waals surface area (Å²) in [5.41, 5.74) is 2.35. The Morgan fingerprint density at radius 2 is 1.84 bits per heavy atom. The molecule has 0 bridgehead atoms. The summed E-state index contributed by atoms with van der Waals surface area (Å²) in [6, 6.07) is 14.5. The number of benzene rings is 1. The van der Waals surface area contributed by atoms with Crippen molar-refractivity contribution in [1.29, 1.82) is 0 Å². The summed E-state index contributed by atoms with van der Waals surface area (Å²) in [6.07, 6.45) is 3.21. The molecule has 2 N–H and O–H groups in total. The van der Waals surface area contributed by atoms with E-state index >= 15 is 0 Å². The van der Waals surface area contributed by atoms with E-state index in [9.17, 15) is 8.42 Å².